The van der Waals surface area contributed by atoms with Crippen LogP contribution < -0.4 is 4.74 Å². The van der Waals surface area contributed by atoms with E-state index in [1.807, 2.05) is 30.0 Å². The Morgan fingerprint density at radius 3 is 3.14 bits per heavy atom. The van der Waals surface area contributed by atoms with E-state index in [0.29, 0.717) is 6.42 Å². The zero-order valence-corrected chi connectivity index (χ0v) is 12.9. The monoisotopic (exact) mass is 304 g/mol. The van der Waals surface area contributed by atoms with Crippen LogP contribution in [-0.2, 0) is 11.2 Å². The van der Waals surface area contributed by atoms with Gasteiger partial charge in [0.25, 0.3) is 0 Å². The number of thioether (sulfide) groups is 1. The van der Waals surface area contributed by atoms with Crippen LogP contribution in [0.2, 0.25) is 0 Å². The van der Waals surface area contributed by atoms with Gasteiger partial charge in [0.15, 0.2) is 5.78 Å². The number of ether oxygens (including phenoxy) is 2. The molecule has 4 rings (SSSR count). The van der Waals surface area contributed by atoms with Crippen LogP contribution in [0, 0.1) is 0 Å². The van der Waals surface area contributed by atoms with Crippen LogP contribution in [0.5, 0.6) is 5.75 Å². The highest BCUT2D eigenvalue weighted by atomic mass is 32.2. The molecule has 112 valence electrons. The summed E-state index contributed by atoms with van der Waals surface area (Å²) in [5.41, 5.74) is 2.02. The second-order valence-electron chi connectivity index (χ2n) is 6.27. The molecule has 2 heterocycles. The Bertz CT molecular complexity index is 563. The number of hydrogen-bond acceptors (Lipinski definition) is 4. The first kappa shape index (κ1) is 13.6. The molecule has 1 aliphatic carbocycles. The van der Waals surface area contributed by atoms with Gasteiger partial charge >= 0.3 is 0 Å². The van der Waals surface area contributed by atoms with Gasteiger partial charge in [-0.2, -0.15) is 11.8 Å². The minimum Gasteiger partial charge on any atom is -0.490 e. The van der Waals surface area contributed by atoms with Crippen LogP contribution >= 0.6 is 11.8 Å². The van der Waals surface area contributed by atoms with E-state index in [0.717, 1.165) is 54.9 Å². The van der Waals surface area contributed by atoms with E-state index in [9.17, 15) is 4.79 Å². The predicted octanol–water partition coefficient (Wildman–Crippen LogP) is 3.25. The third-order valence-electron chi connectivity index (χ3n) is 4.84. The van der Waals surface area contributed by atoms with Gasteiger partial charge < -0.3 is 9.47 Å². The Morgan fingerprint density at radius 2 is 2.29 bits per heavy atom. The molecule has 2 fully saturated rings. The molecule has 1 spiro atoms. The molecule has 0 saturated carbocycles. The number of hydrogen-bond donors (Lipinski definition) is 0. The van der Waals surface area contributed by atoms with Crippen molar-refractivity contribution < 1.29 is 14.3 Å². The first-order chi connectivity index (χ1) is 10.3. The van der Waals surface area contributed by atoms with Crippen LogP contribution in [0.4, 0.5) is 0 Å². The maximum atomic E-state index is 11.8. The van der Waals surface area contributed by atoms with Crippen LogP contribution in [0.25, 0.3) is 0 Å². The fourth-order valence-electron chi connectivity index (χ4n) is 3.69. The molecule has 0 aromatic heterocycles. The molecule has 3 nitrogen and oxygen atoms in total. The molecule has 0 amide bonds. The minimum atomic E-state index is 0.0430. The molecule has 21 heavy (non-hydrogen) atoms. The lowest BCUT2D eigenvalue weighted by atomic mass is 9.91. The van der Waals surface area contributed by atoms with Gasteiger partial charge in [-0.3, -0.25) is 4.79 Å². The van der Waals surface area contributed by atoms with Crippen LogP contribution in [0.15, 0.2) is 18.2 Å². The van der Waals surface area contributed by atoms with Crippen molar-refractivity contribution in [2.24, 2.45) is 0 Å². The van der Waals surface area contributed by atoms with E-state index in [2.05, 4.69) is 0 Å². The molecule has 2 atom stereocenters. The van der Waals surface area contributed by atoms with Gasteiger partial charge in [-0.15, -0.1) is 0 Å². The smallest absolute Gasteiger partial charge is 0.163 e. The first-order valence-corrected chi connectivity index (χ1v) is 8.95. The number of carbonyl (C=O) groups excluding carboxylic acids is 1. The Hall–Kier alpha value is -1.00. The second kappa shape index (κ2) is 5.33. The number of ketones is 1. The van der Waals surface area contributed by atoms with Crippen molar-refractivity contribution in [3.8, 4) is 5.75 Å². The Kier molecular flexibility index (Phi) is 3.46. The van der Waals surface area contributed by atoms with Crippen LogP contribution in [-0.4, -0.2) is 35.6 Å². The standard InChI is InChI=1S/C17H20O3S/c18-15-5-4-14-13(15)2-1-3-16(14)20-12-6-8-19-17(10-12)7-9-21-11-17/h1-3,12H,4-11H2. The van der Waals surface area contributed by atoms with Crippen molar-refractivity contribution in [2.45, 2.75) is 43.8 Å². The average molecular weight is 304 g/mol. The molecular weight excluding hydrogens is 284 g/mol. The lowest BCUT2D eigenvalue weighted by Gasteiger charge is -2.37. The quantitative estimate of drug-likeness (QED) is 0.840. The number of fused-ring (bicyclic) bond motifs is 1. The number of rotatable bonds is 2. The molecule has 2 saturated heterocycles. The molecule has 1 aromatic rings. The number of Topliss-reactive ketones (excluding diaryl/α,β-unsaturated/α-hetero) is 1. The van der Waals surface area contributed by atoms with Crippen LogP contribution in [0.3, 0.4) is 0 Å². The third-order valence-corrected chi connectivity index (χ3v) is 6.07. The lowest BCUT2D eigenvalue weighted by Crippen LogP contribution is -2.43. The van der Waals surface area contributed by atoms with Crippen molar-refractivity contribution in [3.05, 3.63) is 29.3 Å². The predicted molar refractivity (Wildman–Crippen MR) is 83.4 cm³/mol. The summed E-state index contributed by atoms with van der Waals surface area (Å²) in [6.45, 7) is 0.791. The maximum Gasteiger partial charge on any atom is 0.163 e. The highest BCUT2D eigenvalue weighted by Crippen LogP contribution is 2.40. The van der Waals surface area contributed by atoms with Crippen molar-refractivity contribution in [2.75, 3.05) is 18.1 Å². The molecule has 0 bridgehead atoms. The highest BCUT2D eigenvalue weighted by molar-refractivity contribution is 7.99. The van der Waals surface area contributed by atoms with E-state index < -0.39 is 0 Å². The summed E-state index contributed by atoms with van der Waals surface area (Å²) in [4.78, 5) is 11.8. The normalized spacial score (nSPS) is 31.6. The number of benzene rings is 1. The Labute approximate surface area is 129 Å². The highest BCUT2D eigenvalue weighted by Gasteiger charge is 2.41. The van der Waals surface area contributed by atoms with E-state index >= 15 is 0 Å². The summed E-state index contributed by atoms with van der Waals surface area (Å²) >= 11 is 1.98. The van der Waals surface area contributed by atoms with Gasteiger partial charge in [0, 0.05) is 36.1 Å². The van der Waals surface area contributed by atoms with Crippen molar-refractivity contribution in [1.29, 1.82) is 0 Å². The summed E-state index contributed by atoms with van der Waals surface area (Å²) in [5.74, 6) is 3.47. The van der Waals surface area contributed by atoms with E-state index in [1.165, 1.54) is 5.75 Å². The maximum absolute atomic E-state index is 11.8. The van der Waals surface area contributed by atoms with Gasteiger partial charge in [0.1, 0.15) is 11.9 Å². The zero-order valence-electron chi connectivity index (χ0n) is 12.1. The van der Waals surface area contributed by atoms with E-state index in [4.69, 9.17) is 9.47 Å². The van der Waals surface area contributed by atoms with Crippen molar-refractivity contribution >= 4 is 17.5 Å². The zero-order chi connectivity index (χ0) is 14.3. The summed E-state index contributed by atoms with van der Waals surface area (Å²) in [6.07, 6.45) is 4.75. The van der Waals surface area contributed by atoms with E-state index in [1.54, 1.807) is 0 Å². The molecule has 2 aliphatic heterocycles. The minimum absolute atomic E-state index is 0.0430. The van der Waals surface area contributed by atoms with E-state index in [-0.39, 0.29) is 17.5 Å². The average Bonchev–Trinajstić information content (AvgIpc) is 3.08. The molecule has 0 N–H and O–H groups in total. The molecule has 0 radical (unpaired) electrons. The first-order valence-electron chi connectivity index (χ1n) is 7.79. The van der Waals surface area contributed by atoms with Crippen molar-refractivity contribution in [3.63, 3.8) is 0 Å². The lowest BCUT2D eigenvalue weighted by molar-refractivity contribution is -0.0960. The van der Waals surface area contributed by atoms with Gasteiger partial charge in [-0.1, -0.05) is 12.1 Å². The second-order valence-corrected chi connectivity index (χ2v) is 7.38. The summed E-state index contributed by atoms with van der Waals surface area (Å²) < 4.78 is 12.3. The molecule has 2 unspecified atom stereocenters. The van der Waals surface area contributed by atoms with Gasteiger partial charge in [0.2, 0.25) is 0 Å². The summed E-state index contributed by atoms with van der Waals surface area (Å²) in [5, 5.41) is 0. The Balaban J connectivity index is 1.53. The van der Waals surface area contributed by atoms with Gasteiger partial charge in [0.05, 0.1) is 12.2 Å². The molecule has 3 aliphatic rings. The largest absolute Gasteiger partial charge is 0.490 e. The molecule has 1 aromatic carbocycles. The fourth-order valence-corrected chi connectivity index (χ4v) is 5.07. The van der Waals surface area contributed by atoms with Crippen molar-refractivity contribution in [1.82, 2.24) is 0 Å². The molecule has 4 heteroatoms. The third kappa shape index (κ3) is 2.49. The number of carbonyl (C=O) groups is 1. The summed E-state index contributed by atoms with van der Waals surface area (Å²) in [7, 11) is 0. The molecular formula is C17H20O3S. The van der Waals surface area contributed by atoms with Gasteiger partial charge in [-0.05, 0) is 24.7 Å². The summed E-state index contributed by atoms with van der Waals surface area (Å²) in [6, 6.07) is 5.89. The Morgan fingerprint density at radius 1 is 1.33 bits per heavy atom. The topological polar surface area (TPSA) is 35.5 Å². The van der Waals surface area contributed by atoms with Crippen LogP contribution in [0.1, 0.15) is 41.6 Å². The SMILES string of the molecule is O=C1CCc2c(OC3CCOC4(CCSC4)C3)cccc21. The van der Waals surface area contributed by atoms with Gasteiger partial charge in [-0.25, -0.2) is 0 Å². The fraction of sp³-hybridized carbons (Fsp3) is 0.588.